The number of piperidine rings is 1. The first-order chi connectivity index (χ1) is 14.0. The summed E-state index contributed by atoms with van der Waals surface area (Å²) in [7, 11) is 0. The van der Waals surface area contributed by atoms with E-state index < -0.39 is 0 Å². The Hall–Kier alpha value is -2.82. The third-order valence-corrected chi connectivity index (χ3v) is 5.68. The molecule has 2 N–H and O–H groups in total. The van der Waals surface area contributed by atoms with E-state index in [2.05, 4.69) is 48.7 Å². The Morgan fingerprint density at radius 3 is 2.66 bits per heavy atom. The van der Waals surface area contributed by atoms with E-state index in [0.29, 0.717) is 25.2 Å². The molecule has 0 saturated carbocycles. The van der Waals surface area contributed by atoms with E-state index in [1.807, 2.05) is 30.0 Å². The molecule has 3 rings (SSSR count). The lowest BCUT2D eigenvalue weighted by Crippen LogP contribution is -2.44. The Labute approximate surface area is 173 Å². The van der Waals surface area contributed by atoms with Crippen molar-refractivity contribution in [2.75, 3.05) is 19.6 Å². The predicted octanol–water partition coefficient (Wildman–Crippen LogP) is 4.14. The van der Waals surface area contributed by atoms with Crippen LogP contribution >= 0.6 is 0 Å². The lowest BCUT2D eigenvalue weighted by Gasteiger charge is -2.33. The summed E-state index contributed by atoms with van der Waals surface area (Å²) in [5, 5.41) is 5.90. The molecule has 0 radical (unpaired) electrons. The van der Waals surface area contributed by atoms with Gasteiger partial charge in [0.25, 0.3) is 5.91 Å². The van der Waals surface area contributed by atoms with Crippen LogP contribution in [0.5, 0.6) is 0 Å². The molecular formula is C24H31N3O2. The van der Waals surface area contributed by atoms with Gasteiger partial charge < -0.3 is 15.5 Å². The van der Waals surface area contributed by atoms with E-state index in [0.717, 1.165) is 30.5 Å². The topological polar surface area (TPSA) is 61.4 Å². The molecule has 0 bridgehead atoms. The van der Waals surface area contributed by atoms with Gasteiger partial charge in [0.1, 0.15) is 0 Å². The highest BCUT2D eigenvalue weighted by atomic mass is 16.2. The van der Waals surface area contributed by atoms with E-state index >= 15 is 0 Å². The number of nitrogens with one attached hydrogen (secondary N) is 2. The molecule has 1 atom stereocenters. The molecule has 154 valence electrons. The zero-order valence-electron chi connectivity index (χ0n) is 17.6. The summed E-state index contributed by atoms with van der Waals surface area (Å²) in [5.74, 6) is 0.195. The molecule has 0 aliphatic carbocycles. The summed E-state index contributed by atoms with van der Waals surface area (Å²) < 4.78 is 0. The average Bonchev–Trinajstić information content (AvgIpc) is 2.74. The Balaban J connectivity index is 1.64. The molecule has 29 heavy (non-hydrogen) atoms. The third-order valence-electron chi connectivity index (χ3n) is 5.68. The summed E-state index contributed by atoms with van der Waals surface area (Å²) in [6.07, 6.45) is 2.01. The summed E-state index contributed by atoms with van der Waals surface area (Å²) in [5.41, 5.74) is 5.37. The first-order valence-corrected chi connectivity index (χ1v) is 10.4. The maximum absolute atomic E-state index is 12.7. The summed E-state index contributed by atoms with van der Waals surface area (Å²) >= 11 is 0. The monoisotopic (exact) mass is 393 g/mol. The van der Waals surface area contributed by atoms with Crippen LogP contribution in [0.15, 0.2) is 42.5 Å². The summed E-state index contributed by atoms with van der Waals surface area (Å²) in [4.78, 5) is 26.7. The normalized spacial score (nSPS) is 16.4. The number of rotatable bonds is 5. The fourth-order valence-electron chi connectivity index (χ4n) is 3.83. The number of carbonyl (C=O) groups is 2. The number of hydrogen-bond acceptors (Lipinski definition) is 2. The summed E-state index contributed by atoms with van der Waals surface area (Å²) in [6, 6.07) is 14.1. The van der Waals surface area contributed by atoms with E-state index in [4.69, 9.17) is 0 Å². The standard InChI is InChI=1S/C24H31N3O2/c1-4-25-24(29)27-12-6-9-22(16-27)20-7-5-8-21(14-20)23(28)26-15-19-11-10-17(2)18(3)13-19/h5,7-8,10-11,13-14,22H,4,6,9,12,15-16H2,1-3H3,(H,25,29)(H,26,28)/t22-/m0/s1. The second kappa shape index (κ2) is 9.59. The van der Waals surface area contributed by atoms with E-state index in [9.17, 15) is 9.59 Å². The number of hydrogen-bond donors (Lipinski definition) is 2. The van der Waals surface area contributed by atoms with Gasteiger partial charge in [-0.25, -0.2) is 4.79 Å². The number of nitrogens with zero attached hydrogens (tertiary/aromatic N) is 1. The van der Waals surface area contributed by atoms with E-state index in [1.54, 1.807) is 0 Å². The van der Waals surface area contributed by atoms with Gasteiger partial charge in [-0.15, -0.1) is 0 Å². The van der Waals surface area contributed by atoms with Crippen molar-refractivity contribution in [3.05, 3.63) is 70.3 Å². The quantitative estimate of drug-likeness (QED) is 0.802. The van der Waals surface area contributed by atoms with Crippen LogP contribution in [0, 0.1) is 13.8 Å². The third kappa shape index (κ3) is 5.37. The minimum Gasteiger partial charge on any atom is -0.348 e. The van der Waals surface area contributed by atoms with Crippen molar-refractivity contribution < 1.29 is 9.59 Å². The van der Waals surface area contributed by atoms with Crippen molar-refractivity contribution in [3.63, 3.8) is 0 Å². The van der Waals surface area contributed by atoms with Gasteiger partial charge >= 0.3 is 6.03 Å². The first kappa shape index (κ1) is 20.9. The molecule has 1 fully saturated rings. The Bertz CT molecular complexity index is 878. The Morgan fingerprint density at radius 2 is 1.90 bits per heavy atom. The fraction of sp³-hybridized carbons (Fsp3) is 0.417. The van der Waals surface area contributed by atoms with Crippen molar-refractivity contribution in [2.45, 2.75) is 46.1 Å². The SMILES string of the molecule is CCNC(=O)N1CCC[C@H](c2cccc(C(=O)NCc3ccc(C)c(C)c3)c2)C1. The zero-order chi connectivity index (χ0) is 20.8. The van der Waals surface area contributed by atoms with Crippen LogP contribution in [0.1, 0.15) is 58.3 Å². The molecule has 5 nitrogen and oxygen atoms in total. The number of amides is 3. The van der Waals surface area contributed by atoms with Gasteiger partial charge in [-0.05, 0) is 68.0 Å². The molecule has 2 aromatic carbocycles. The molecule has 1 aliphatic rings. The highest BCUT2D eigenvalue weighted by molar-refractivity contribution is 5.94. The van der Waals surface area contributed by atoms with Crippen LogP contribution in [0.3, 0.4) is 0 Å². The van der Waals surface area contributed by atoms with Crippen LogP contribution in [0.2, 0.25) is 0 Å². The van der Waals surface area contributed by atoms with Crippen LogP contribution < -0.4 is 10.6 Å². The second-order valence-electron chi connectivity index (χ2n) is 7.85. The minimum atomic E-state index is -0.0681. The van der Waals surface area contributed by atoms with Crippen molar-refractivity contribution in [2.24, 2.45) is 0 Å². The molecule has 5 heteroatoms. The molecule has 3 amide bonds. The highest BCUT2D eigenvalue weighted by Crippen LogP contribution is 2.27. The van der Waals surface area contributed by atoms with Crippen LogP contribution in [-0.4, -0.2) is 36.5 Å². The zero-order valence-corrected chi connectivity index (χ0v) is 17.6. The minimum absolute atomic E-state index is 0.000473. The van der Waals surface area contributed by atoms with Crippen LogP contribution in [0.4, 0.5) is 4.79 Å². The molecular weight excluding hydrogens is 362 g/mol. The highest BCUT2D eigenvalue weighted by Gasteiger charge is 2.24. The lowest BCUT2D eigenvalue weighted by atomic mass is 9.89. The van der Waals surface area contributed by atoms with Crippen LogP contribution in [0.25, 0.3) is 0 Å². The van der Waals surface area contributed by atoms with Gasteiger partial charge in [0.05, 0.1) is 0 Å². The van der Waals surface area contributed by atoms with Gasteiger partial charge in [-0.2, -0.15) is 0 Å². The summed E-state index contributed by atoms with van der Waals surface area (Å²) in [6.45, 7) is 8.73. The molecule has 1 heterocycles. The van der Waals surface area contributed by atoms with E-state index in [1.165, 1.54) is 11.1 Å². The number of carbonyl (C=O) groups excluding carboxylic acids is 2. The van der Waals surface area contributed by atoms with E-state index in [-0.39, 0.29) is 17.9 Å². The van der Waals surface area contributed by atoms with Gasteiger partial charge in [0, 0.05) is 37.7 Å². The van der Waals surface area contributed by atoms with Gasteiger partial charge in [0.2, 0.25) is 0 Å². The Morgan fingerprint density at radius 1 is 1.07 bits per heavy atom. The molecule has 1 saturated heterocycles. The molecule has 0 unspecified atom stereocenters. The number of aryl methyl sites for hydroxylation is 2. The van der Waals surface area contributed by atoms with Crippen molar-refractivity contribution in [1.29, 1.82) is 0 Å². The number of urea groups is 1. The Kier molecular flexibility index (Phi) is 6.91. The number of likely N-dealkylation sites (tertiary alicyclic amines) is 1. The largest absolute Gasteiger partial charge is 0.348 e. The fourth-order valence-corrected chi connectivity index (χ4v) is 3.83. The molecule has 0 spiro atoms. The smallest absolute Gasteiger partial charge is 0.317 e. The van der Waals surface area contributed by atoms with Crippen molar-refractivity contribution in [3.8, 4) is 0 Å². The van der Waals surface area contributed by atoms with Gasteiger partial charge in [0.15, 0.2) is 0 Å². The van der Waals surface area contributed by atoms with Crippen LogP contribution in [-0.2, 0) is 6.54 Å². The average molecular weight is 394 g/mol. The van der Waals surface area contributed by atoms with Crippen molar-refractivity contribution >= 4 is 11.9 Å². The maximum atomic E-state index is 12.7. The van der Waals surface area contributed by atoms with Gasteiger partial charge in [-0.3, -0.25) is 4.79 Å². The van der Waals surface area contributed by atoms with Crippen molar-refractivity contribution in [1.82, 2.24) is 15.5 Å². The number of benzene rings is 2. The molecule has 2 aromatic rings. The lowest BCUT2D eigenvalue weighted by molar-refractivity contribution is 0.0950. The first-order valence-electron chi connectivity index (χ1n) is 10.4. The van der Waals surface area contributed by atoms with Gasteiger partial charge in [-0.1, -0.05) is 30.3 Å². The molecule has 1 aliphatic heterocycles. The predicted molar refractivity (Wildman–Crippen MR) is 116 cm³/mol. The molecule has 0 aromatic heterocycles. The maximum Gasteiger partial charge on any atom is 0.317 e. The second-order valence-corrected chi connectivity index (χ2v) is 7.85.